The first-order valence-electron chi connectivity index (χ1n) is 7.39. The summed E-state index contributed by atoms with van der Waals surface area (Å²) in [5.41, 5.74) is 0.638. The topological polar surface area (TPSA) is 53.3 Å². The van der Waals surface area contributed by atoms with Crippen molar-refractivity contribution in [3.63, 3.8) is 0 Å². The number of thiazole rings is 1. The minimum Gasteiger partial charge on any atom is -0.470 e. The Morgan fingerprint density at radius 2 is 2.04 bits per heavy atom. The molecule has 0 amide bonds. The van der Waals surface area contributed by atoms with Crippen molar-refractivity contribution in [2.24, 2.45) is 0 Å². The van der Waals surface area contributed by atoms with Crippen LogP contribution in [0.15, 0.2) is 39.6 Å². The Morgan fingerprint density at radius 1 is 1.32 bits per heavy atom. The predicted octanol–water partition coefficient (Wildman–Crippen LogP) is 4.60. The van der Waals surface area contributed by atoms with Gasteiger partial charge in [-0.1, -0.05) is 18.3 Å². The van der Waals surface area contributed by atoms with Gasteiger partial charge in [-0.3, -0.25) is 9.36 Å². The summed E-state index contributed by atoms with van der Waals surface area (Å²) < 4.78 is 37.0. The summed E-state index contributed by atoms with van der Waals surface area (Å²) in [5.74, 6) is 0.0169. The van der Waals surface area contributed by atoms with Crippen molar-refractivity contribution >= 4 is 37.6 Å². The second-order valence-electron chi connectivity index (χ2n) is 5.02. The molecule has 132 valence electrons. The van der Waals surface area contributed by atoms with Crippen LogP contribution in [0.1, 0.15) is 13.3 Å². The van der Waals surface area contributed by atoms with Gasteiger partial charge in [0.2, 0.25) is 0 Å². The van der Waals surface area contributed by atoms with Crippen LogP contribution < -0.4 is 15.0 Å². The van der Waals surface area contributed by atoms with Crippen LogP contribution >= 0.6 is 27.3 Å². The van der Waals surface area contributed by atoms with E-state index in [2.05, 4.69) is 25.7 Å². The van der Waals surface area contributed by atoms with E-state index in [1.165, 1.54) is 40.2 Å². The average molecular weight is 431 g/mol. The molecule has 3 rings (SSSR count). The van der Waals surface area contributed by atoms with Gasteiger partial charge >= 0.3 is 6.61 Å². The van der Waals surface area contributed by atoms with E-state index in [-0.39, 0.29) is 11.3 Å². The molecule has 0 bridgehead atoms. The summed E-state index contributed by atoms with van der Waals surface area (Å²) in [6.07, 6.45) is 0.845. The standard InChI is InChI=1S/C16H13BrF2N2O3S/c1-2-7-23-16-20-13-12(25-16)8-11(17)14(22)21(13)9-3-5-10(6-4-9)24-15(18)19/h3-6,8,15H,2,7H2,1H3. The highest BCUT2D eigenvalue weighted by molar-refractivity contribution is 9.10. The zero-order valence-corrected chi connectivity index (χ0v) is 15.4. The first-order valence-corrected chi connectivity index (χ1v) is 9.00. The minimum atomic E-state index is -2.90. The molecular formula is C16H13BrF2N2O3S. The van der Waals surface area contributed by atoms with Crippen molar-refractivity contribution in [2.75, 3.05) is 6.61 Å². The van der Waals surface area contributed by atoms with Crippen LogP contribution in [0.5, 0.6) is 10.9 Å². The van der Waals surface area contributed by atoms with Gasteiger partial charge in [0.05, 0.1) is 21.5 Å². The maximum absolute atomic E-state index is 12.6. The predicted molar refractivity (Wildman–Crippen MR) is 95.3 cm³/mol. The van der Waals surface area contributed by atoms with Crippen LogP contribution in [0.3, 0.4) is 0 Å². The van der Waals surface area contributed by atoms with Crippen molar-refractivity contribution in [3.05, 3.63) is 45.2 Å². The van der Waals surface area contributed by atoms with Crippen molar-refractivity contribution in [3.8, 4) is 16.6 Å². The number of hydrogen-bond acceptors (Lipinski definition) is 5. The lowest BCUT2D eigenvalue weighted by atomic mass is 10.3. The second kappa shape index (κ2) is 7.49. The molecular weight excluding hydrogens is 418 g/mol. The molecule has 0 spiro atoms. The van der Waals surface area contributed by atoms with E-state index in [0.717, 1.165) is 11.1 Å². The zero-order valence-electron chi connectivity index (χ0n) is 13.0. The highest BCUT2D eigenvalue weighted by atomic mass is 79.9. The molecule has 3 aromatic rings. The fourth-order valence-electron chi connectivity index (χ4n) is 2.21. The summed E-state index contributed by atoms with van der Waals surface area (Å²) in [5, 5.41) is 0.473. The number of halogens is 3. The third-order valence-corrected chi connectivity index (χ3v) is 4.71. The fourth-order valence-corrected chi connectivity index (χ4v) is 3.63. The number of pyridine rings is 1. The Bertz CT molecular complexity index is 941. The summed E-state index contributed by atoms with van der Waals surface area (Å²) in [4.78, 5) is 16.9. The number of hydrogen-bond donors (Lipinski definition) is 0. The number of rotatable bonds is 6. The van der Waals surface area contributed by atoms with Crippen LogP contribution in [0.25, 0.3) is 16.0 Å². The van der Waals surface area contributed by atoms with Crippen LogP contribution in [0.4, 0.5) is 8.78 Å². The zero-order chi connectivity index (χ0) is 18.0. The molecule has 0 N–H and O–H groups in total. The van der Waals surface area contributed by atoms with Crippen LogP contribution in [-0.2, 0) is 0 Å². The lowest BCUT2D eigenvalue weighted by Crippen LogP contribution is -2.19. The van der Waals surface area contributed by atoms with E-state index in [0.29, 0.717) is 27.6 Å². The molecule has 0 aliphatic carbocycles. The molecule has 25 heavy (non-hydrogen) atoms. The number of alkyl halides is 2. The molecule has 0 fully saturated rings. The molecule has 2 heterocycles. The first-order chi connectivity index (χ1) is 12.0. The average Bonchev–Trinajstić information content (AvgIpc) is 2.97. The maximum Gasteiger partial charge on any atom is 0.387 e. The molecule has 0 unspecified atom stereocenters. The highest BCUT2D eigenvalue weighted by Gasteiger charge is 2.15. The van der Waals surface area contributed by atoms with Gasteiger partial charge in [-0.15, -0.1) is 0 Å². The molecule has 0 aliphatic heterocycles. The number of benzene rings is 1. The van der Waals surface area contributed by atoms with Crippen LogP contribution in [-0.4, -0.2) is 22.8 Å². The maximum atomic E-state index is 12.6. The normalized spacial score (nSPS) is 11.2. The third kappa shape index (κ3) is 3.82. The summed E-state index contributed by atoms with van der Waals surface area (Å²) >= 11 is 4.59. The lowest BCUT2D eigenvalue weighted by molar-refractivity contribution is -0.0498. The van der Waals surface area contributed by atoms with Gasteiger partial charge in [0.25, 0.3) is 10.8 Å². The number of ether oxygens (including phenoxy) is 2. The van der Waals surface area contributed by atoms with Gasteiger partial charge in [-0.25, -0.2) is 0 Å². The Morgan fingerprint density at radius 3 is 2.68 bits per heavy atom. The summed E-state index contributed by atoms with van der Waals surface area (Å²) in [7, 11) is 0. The summed E-state index contributed by atoms with van der Waals surface area (Å²) in [6, 6.07) is 7.50. The monoisotopic (exact) mass is 430 g/mol. The van der Waals surface area contributed by atoms with Gasteiger partial charge in [-0.2, -0.15) is 13.8 Å². The second-order valence-corrected chi connectivity index (χ2v) is 6.87. The van der Waals surface area contributed by atoms with Crippen molar-refractivity contribution in [1.29, 1.82) is 0 Å². The third-order valence-electron chi connectivity index (χ3n) is 3.24. The molecule has 2 aromatic heterocycles. The van der Waals surface area contributed by atoms with Crippen molar-refractivity contribution in [2.45, 2.75) is 20.0 Å². The van der Waals surface area contributed by atoms with Crippen LogP contribution in [0, 0.1) is 0 Å². The van der Waals surface area contributed by atoms with Crippen LogP contribution in [0.2, 0.25) is 0 Å². The Balaban J connectivity index is 2.09. The van der Waals surface area contributed by atoms with Crippen molar-refractivity contribution < 1.29 is 18.3 Å². The number of aromatic nitrogens is 2. The Labute approximate surface area is 154 Å². The molecule has 5 nitrogen and oxygen atoms in total. The SMILES string of the molecule is CCCOc1nc2c(cc(Br)c(=O)n2-c2ccc(OC(F)F)cc2)s1. The highest BCUT2D eigenvalue weighted by Crippen LogP contribution is 2.30. The molecule has 0 radical (unpaired) electrons. The molecule has 0 saturated heterocycles. The van der Waals surface area contributed by atoms with Gasteiger partial charge in [0, 0.05) is 0 Å². The Hall–Kier alpha value is -2.00. The Kier molecular flexibility index (Phi) is 5.33. The van der Waals surface area contributed by atoms with Crippen molar-refractivity contribution in [1.82, 2.24) is 9.55 Å². The number of fused-ring (bicyclic) bond motifs is 1. The number of nitrogens with zero attached hydrogens (tertiary/aromatic N) is 2. The molecule has 0 aliphatic rings. The summed E-state index contributed by atoms with van der Waals surface area (Å²) in [6.45, 7) is -0.378. The molecule has 9 heteroatoms. The molecule has 0 atom stereocenters. The van der Waals surface area contributed by atoms with E-state index in [9.17, 15) is 13.6 Å². The molecule has 0 saturated carbocycles. The van der Waals surface area contributed by atoms with E-state index < -0.39 is 6.61 Å². The largest absolute Gasteiger partial charge is 0.470 e. The minimum absolute atomic E-state index is 0.0169. The lowest BCUT2D eigenvalue weighted by Gasteiger charge is -2.09. The smallest absolute Gasteiger partial charge is 0.387 e. The van der Waals surface area contributed by atoms with E-state index in [4.69, 9.17) is 4.74 Å². The molecule has 1 aromatic carbocycles. The first kappa shape index (κ1) is 17.8. The van der Waals surface area contributed by atoms with Gasteiger partial charge < -0.3 is 9.47 Å². The van der Waals surface area contributed by atoms with Gasteiger partial charge in [-0.05, 0) is 52.7 Å². The quantitative estimate of drug-likeness (QED) is 0.573. The van der Waals surface area contributed by atoms with Gasteiger partial charge in [0.1, 0.15) is 5.75 Å². The van der Waals surface area contributed by atoms with Gasteiger partial charge in [0.15, 0.2) is 5.65 Å². The van der Waals surface area contributed by atoms with E-state index in [1.54, 1.807) is 6.07 Å². The van der Waals surface area contributed by atoms with E-state index >= 15 is 0 Å². The van der Waals surface area contributed by atoms with E-state index in [1.807, 2.05) is 6.92 Å². The fraction of sp³-hybridized carbons (Fsp3) is 0.250.